The first-order chi connectivity index (χ1) is 27.3. The topological polar surface area (TPSA) is 72.8 Å². The lowest BCUT2D eigenvalue weighted by atomic mass is 10.0. The summed E-state index contributed by atoms with van der Waals surface area (Å²) in [7, 11) is 0. The van der Waals surface area contributed by atoms with Crippen LogP contribution in [-0.2, 0) is 19.1 Å². The van der Waals surface area contributed by atoms with E-state index in [0.717, 1.165) is 43.9 Å². The molecule has 0 amide bonds. The number of carbonyl (C=O) groups is 2. The second-order valence-corrected chi connectivity index (χ2v) is 18.6. The summed E-state index contributed by atoms with van der Waals surface area (Å²) in [4.78, 5) is 24.4. The second-order valence-electron chi connectivity index (χ2n) is 18.6. The Morgan fingerprint density at radius 3 is 0.839 bits per heavy atom. The molecule has 0 rings (SSSR count). The summed E-state index contributed by atoms with van der Waals surface area (Å²) in [6.07, 6.45) is 50.5. The third-order valence-electron chi connectivity index (χ3n) is 11.8. The van der Waals surface area contributed by atoms with E-state index in [-0.39, 0.29) is 25.2 Å². The summed E-state index contributed by atoms with van der Waals surface area (Å²) < 4.78 is 10.7. The summed E-state index contributed by atoms with van der Waals surface area (Å²) in [6, 6.07) is 0. The van der Waals surface area contributed by atoms with E-state index in [1.54, 1.807) is 0 Å². The number of hydrogen-bond donors (Lipinski definition) is 1. The summed E-state index contributed by atoms with van der Waals surface area (Å²) in [5.74, 6) is 1.16. The van der Waals surface area contributed by atoms with Crippen molar-refractivity contribution in [1.29, 1.82) is 0 Å². The molecule has 5 nitrogen and oxygen atoms in total. The quantitative estimate of drug-likeness (QED) is 0.0491. The largest absolute Gasteiger partial charge is 0.462 e. The van der Waals surface area contributed by atoms with Crippen molar-refractivity contribution in [2.24, 2.45) is 11.8 Å². The van der Waals surface area contributed by atoms with Crippen molar-refractivity contribution in [3.8, 4) is 0 Å². The Balaban J connectivity index is 3.43. The second kappa shape index (κ2) is 45.0. The Labute approximate surface area is 350 Å². The van der Waals surface area contributed by atoms with Crippen LogP contribution in [0.1, 0.15) is 285 Å². The highest BCUT2D eigenvalue weighted by Gasteiger charge is 2.16. The van der Waals surface area contributed by atoms with Gasteiger partial charge in [-0.1, -0.05) is 259 Å². The smallest absolute Gasteiger partial charge is 0.306 e. The van der Waals surface area contributed by atoms with E-state index in [4.69, 9.17) is 9.47 Å². The number of esters is 2. The van der Waals surface area contributed by atoms with Crippen LogP contribution in [0, 0.1) is 11.8 Å². The van der Waals surface area contributed by atoms with E-state index in [1.807, 2.05) is 0 Å². The average molecular weight is 793 g/mol. The third-order valence-corrected chi connectivity index (χ3v) is 11.8. The summed E-state index contributed by atoms with van der Waals surface area (Å²) >= 11 is 0. The minimum atomic E-state index is -0.764. The highest BCUT2D eigenvalue weighted by atomic mass is 16.6. The maximum atomic E-state index is 12.3. The van der Waals surface area contributed by atoms with Crippen LogP contribution in [0.5, 0.6) is 0 Å². The zero-order chi connectivity index (χ0) is 41.0. The number of ether oxygens (including phenoxy) is 2. The molecule has 0 fully saturated rings. The maximum absolute atomic E-state index is 12.3. The standard InChI is InChI=1S/C51H100O5/c1-47(2)41-37-33-29-25-21-17-13-9-5-7-11-15-19-23-27-31-35-39-43-50(53)55-46-49(45-52)56-51(54)44-40-36-32-28-24-20-16-12-8-6-10-14-18-22-26-30-34-38-42-48(3)4/h47-49,52H,5-46H2,1-4H3/t49-/m0/s1. The van der Waals surface area contributed by atoms with Crippen LogP contribution >= 0.6 is 0 Å². The molecule has 0 aromatic rings. The number of rotatable bonds is 46. The van der Waals surface area contributed by atoms with Crippen molar-refractivity contribution in [1.82, 2.24) is 0 Å². The summed E-state index contributed by atoms with van der Waals surface area (Å²) in [6.45, 7) is 8.93. The van der Waals surface area contributed by atoms with Crippen LogP contribution in [0.4, 0.5) is 0 Å². The third kappa shape index (κ3) is 45.6. The zero-order valence-electron chi connectivity index (χ0n) is 38.5. The Bertz CT molecular complexity index is 795. The van der Waals surface area contributed by atoms with Crippen LogP contribution in [0.15, 0.2) is 0 Å². The fourth-order valence-electron chi connectivity index (χ4n) is 7.93. The predicted molar refractivity (Wildman–Crippen MR) is 242 cm³/mol. The van der Waals surface area contributed by atoms with Gasteiger partial charge in [-0.05, 0) is 24.7 Å². The monoisotopic (exact) mass is 793 g/mol. The molecule has 0 aliphatic carbocycles. The van der Waals surface area contributed by atoms with Crippen molar-refractivity contribution in [2.75, 3.05) is 13.2 Å². The van der Waals surface area contributed by atoms with Gasteiger partial charge in [0.25, 0.3) is 0 Å². The first-order valence-electron chi connectivity index (χ1n) is 25.3. The van der Waals surface area contributed by atoms with Gasteiger partial charge in [-0.2, -0.15) is 0 Å². The van der Waals surface area contributed by atoms with E-state index in [1.165, 1.54) is 212 Å². The lowest BCUT2D eigenvalue weighted by molar-refractivity contribution is -0.161. The van der Waals surface area contributed by atoms with Gasteiger partial charge in [0, 0.05) is 12.8 Å². The van der Waals surface area contributed by atoms with Crippen LogP contribution in [0.3, 0.4) is 0 Å². The zero-order valence-corrected chi connectivity index (χ0v) is 38.5. The number of unbranched alkanes of at least 4 members (excludes halogenated alkanes) is 34. The van der Waals surface area contributed by atoms with Gasteiger partial charge in [-0.15, -0.1) is 0 Å². The molecule has 0 saturated carbocycles. The Hall–Kier alpha value is -1.10. The van der Waals surface area contributed by atoms with Gasteiger partial charge in [-0.25, -0.2) is 0 Å². The molecule has 56 heavy (non-hydrogen) atoms. The van der Waals surface area contributed by atoms with Crippen molar-refractivity contribution in [2.45, 2.75) is 291 Å². The van der Waals surface area contributed by atoms with Gasteiger partial charge in [0.2, 0.25) is 0 Å². The maximum Gasteiger partial charge on any atom is 0.306 e. The Morgan fingerprint density at radius 1 is 0.357 bits per heavy atom. The molecule has 0 aromatic heterocycles. The van der Waals surface area contributed by atoms with Crippen LogP contribution < -0.4 is 0 Å². The van der Waals surface area contributed by atoms with E-state index < -0.39 is 6.10 Å². The average Bonchev–Trinajstić information content (AvgIpc) is 3.17. The first kappa shape index (κ1) is 54.9. The molecule has 5 heteroatoms. The van der Waals surface area contributed by atoms with Crippen molar-refractivity contribution in [3.05, 3.63) is 0 Å². The van der Waals surface area contributed by atoms with Crippen LogP contribution in [0.2, 0.25) is 0 Å². The van der Waals surface area contributed by atoms with Gasteiger partial charge in [-0.3, -0.25) is 9.59 Å². The minimum Gasteiger partial charge on any atom is -0.462 e. The van der Waals surface area contributed by atoms with E-state index in [0.29, 0.717) is 12.8 Å². The molecule has 1 atom stereocenters. The van der Waals surface area contributed by atoms with Crippen LogP contribution in [0.25, 0.3) is 0 Å². The number of carbonyl (C=O) groups excluding carboxylic acids is 2. The van der Waals surface area contributed by atoms with Crippen molar-refractivity contribution in [3.63, 3.8) is 0 Å². The van der Waals surface area contributed by atoms with E-state index in [2.05, 4.69) is 27.7 Å². The number of aliphatic hydroxyl groups is 1. The molecule has 0 heterocycles. The van der Waals surface area contributed by atoms with Gasteiger partial charge < -0.3 is 14.6 Å². The molecule has 0 aliphatic heterocycles. The molecular formula is C51H100O5. The van der Waals surface area contributed by atoms with Gasteiger partial charge in [0.05, 0.1) is 6.61 Å². The Morgan fingerprint density at radius 2 is 0.589 bits per heavy atom. The van der Waals surface area contributed by atoms with E-state index >= 15 is 0 Å². The molecule has 0 bridgehead atoms. The molecule has 0 radical (unpaired) electrons. The molecule has 0 aliphatic rings. The van der Waals surface area contributed by atoms with Gasteiger partial charge >= 0.3 is 11.9 Å². The highest BCUT2D eigenvalue weighted by Crippen LogP contribution is 2.18. The number of aliphatic hydroxyl groups excluding tert-OH is 1. The molecule has 0 aromatic carbocycles. The highest BCUT2D eigenvalue weighted by molar-refractivity contribution is 5.70. The lowest BCUT2D eigenvalue weighted by Gasteiger charge is -2.15. The molecule has 334 valence electrons. The predicted octanol–water partition coefficient (Wildman–Crippen LogP) is 16.3. The molecule has 1 N–H and O–H groups in total. The SMILES string of the molecule is CC(C)CCCCCCCCCCCCCCCCCCCCC(=O)OC[C@H](CO)OC(=O)CCCCCCCCCCCCCCCCCCCCC(C)C. The first-order valence-corrected chi connectivity index (χ1v) is 25.3. The number of hydrogen-bond acceptors (Lipinski definition) is 5. The molecule has 0 spiro atoms. The fourth-order valence-corrected chi connectivity index (χ4v) is 7.93. The van der Waals surface area contributed by atoms with Gasteiger partial charge in [0.1, 0.15) is 6.61 Å². The van der Waals surface area contributed by atoms with Gasteiger partial charge in [0.15, 0.2) is 6.10 Å². The molecule has 0 unspecified atom stereocenters. The lowest BCUT2D eigenvalue weighted by Crippen LogP contribution is -2.28. The minimum absolute atomic E-state index is 0.0570. The van der Waals surface area contributed by atoms with E-state index in [9.17, 15) is 14.7 Å². The summed E-state index contributed by atoms with van der Waals surface area (Å²) in [5.41, 5.74) is 0. The van der Waals surface area contributed by atoms with Crippen molar-refractivity contribution >= 4 is 11.9 Å². The molecule has 0 saturated heterocycles. The normalized spacial score (nSPS) is 12.2. The van der Waals surface area contributed by atoms with Crippen LogP contribution in [-0.4, -0.2) is 36.4 Å². The Kier molecular flexibility index (Phi) is 44.1. The fraction of sp³-hybridized carbons (Fsp3) is 0.961. The summed E-state index contributed by atoms with van der Waals surface area (Å²) in [5, 5.41) is 9.62. The molecular weight excluding hydrogens is 693 g/mol. The van der Waals surface area contributed by atoms with Crippen molar-refractivity contribution < 1.29 is 24.2 Å².